The van der Waals surface area contributed by atoms with Gasteiger partial charge in [0.15, 0.2) is 0 Å². The number of aromatic nitrogens is 2. The van der Waals surface area contributed by atoms with Gasteiger partial charge in [-0.1, -0.05) is 12.1 Å². The third-order valence-electron chi connectivity index (χ3n) is 4.40. The van der Waals surface area contributed by atoms with Crippen molar-refractivity contribution in [1.82, 2.24) is 9.78 Å². The first kappa shape index (κ1) is 18.4. The third-order valence-corrected chi connectivity index (χ3v) is 5.61. The Balaban J connectivity index is 1.74. The predicted octanol–water partition coefficient (Wildman–Crippen LogP) is 3.42. The molecule has 0 aliphatic carbocycles. The number of halogens is 1. The molecule has 0 unspecified atom stereocenters. The topological polar surface area (TPSA) is 73.2 Å². The smallest absolute Gasteiger partial charge is 0.260 e. The minimum Gasteiger partial charge on any atom is -0.493 e. The minimum absolute atomic E-state index is 0.319. The van der Waals surface area contributed by atoms with Crippen LogP contribution in [0.5, 0.6) is 5.75 Å². The van der Waals surface area contributed by atoms with Crippen molar-refractivity contribution in [3.63, 3.8) is 0 Å². The molecule has 6 nitrogen and oxygen atoms in total. The van der Waals surface area contributed by atoms with Crippen LogP contribution >= 0.6 is 0 Å². The lowest BCUT2D eigenvalue weighted by atomic mass is 10.2. The maximum atomic E-state index is 13.3. The molecule has 1 aliphatic rings. The molecule has 28 heavy (non-hydrogen) atoms. The standard InChI is InChI=1S/C20H18FN3O3S/c1-2-27-18-6-4-3-5-15(18)20(25)22-19-16-11-28(26)12-17(16)23-24(19)14-9-7-13(21)8-10-14/h3-10H,2,11-12H2,1H3,(H,22,25)/t28-/m0/s1. The Kier molecular flexibility index (Phi) is 4.95. The summed E-state index contributed by atoms with van der Waals surface area (Å²) in [7, 11) is -1.05. The molecule has 1 atom stereocenters. The Morgan fingerprint density at radius 1 is 1.21 bits per heavy atom. The minimum atomic E-state index is -1.05. The van der Waals surface area contributed by atoms with E-state index in [1.165, 1.54) is 12.1 Å². The molecule has 0 saturated heterocycles. The van der Waals surface area contributed by atoms with Crippen molar-refractivity contribution < 1.29 is 18.1 Å². The number of hydrogen-bond donors (Lipinski definition) is 1. The molecule has 144 valence electrons. The van der Waals surface area contributed by atoms with Gasteiger partial charge >= 0.3 is 0 Å². The van der Waals surface area contributed by atoms with Gasteiger partial charge in [-0.15, -0.1) is 0 Å². The first-order chi connectivity index (χ1) is 13.6. The van der Waals surface area contributed by atoms with Crippen molar-refractivity contribution in [2.75, 3.05) is 11.9 Å². The number of nitrogens with zero attached hydrogens (tertiary/aromatic N) is 2. The lowest BCUT2D eigenvalue weighted by Crippen LogP contribution is -2.17. The molecule has 0 spiro atoms. The third kappa shape index (κ3) is 3.43. The summed E-state index contributed by atoms with van der Waals surface area (Å²) in [6, 6.07) is 12.8. The summed E-state index contributed by atoms with van der Waals surface area (Å²) in [6.07, 6.45) is 0. The van der Waals surface area contributed by atoms with Gasteiger partial charge in [0, 0.05) is 16.4 Å². The van der Waals surface area contributed by atoms with Gasteiger partial charge in [-0.2, -0.15) is 5.10 Å². The molecular formula is C20H18FN3O3S. The Bertz CT molecular complexity index is 1060. The molecule has 1 amide bonds. The fraction of sp³-hybridized carbons (Fsp3) is 0.200. The average molecular weight is 399 g/mol. The van der Waals surface area contributed by atoms with Gasteiger partial charge in [0.25, 0.3) is 5.91 Å². The van der Waals surface area contributed by atoms with Gasteiger partial charge in [-0.25, -0.2) is 9.07 Å². The van der Waals surface area contributed by atoms with Crippen LogP contribution in [0, 0.1) is 5.82 Å². The van der Waals surface area contributed by atoms with Crippen molar-refractivity contribution >= 4 is 22.5 Å². The molecule has 0 saturated carbocycles. The second-order valence-corrected chi connectivity index (χ2v) is 7.73. The number of para-hydroxylation sites is 1. The van der Waals surface area contributed by atoms with Crippen LogP contribution in [0.3, 0.4) is 0 Å². The van der Waals surface area contributed by atoms with Crippen molar-refractivity contribution in [1.29, 1.82) is 0 Å². The average Bonchev–Trinajstić information content (AvgIpc) is 3.20. The molecule has 0 fully saturated rings. The van der Waals surface area contributed by atoms with Gasteiger partial charge in [0.05, 0.1) is 35.1 Å². The first-order valence-corrected chi connectivity index (χ1v) is 10.3. The van der Waals surface area contributed by atoms with E-state index >= 15 is 0 Å². The Labute approximate surface area is 163 Å². The van der Waals surface area contributed by atoms with Gasteiger partial charge in [0.2, 0.25) is 0 Å². The predicted molar refractivity (Wildman–Crippen MR) is 105 cm³/mol. The maximum absolute atomic E-state index is 13.3. The number of anilines is 1. The van der Waals surface area contributed by atoms with Gasteiger partial charge in [0.1, 0.15) is 17.4 Å². The zero-order valence-electron chi connectivity index (χ0n) is 15.1. The van der Waals surface area contributed by atoms with Crippen LogP contribution in [-0.2, 0) is 22.3 Å². The van der Waals surface area contributed by atoms with Crippen LogP contribution in [0.4, 0.5) is 10.2 Å². The molecule has 8 heteroatoms. The zero-order chi connectivity index (χ0) is 19.7. The zero-order valence-corrected chi connectivity index (χ0v) is 16.0. The molecule has 2 heterocycles. The van der Waals surface area contributed by atoms with E-state index < -0.39 is 10.8 Å². The van der Waals surface area contributed by atoms with Crippen molar-refractivity contribution in [2.45, 2.75) is 18.4 Å². The molecule has 1 aromatic heterocycles. The number of nitrogens with one attached hydrogen (secondary N) is 1. The van der Waals surface area contributed by atoms with Crippen molar-refractivity contribution in [3.8, 4) is 11.4 Å². The van der Waals surface area contributed by atoms with E-state index in [1.54, 1.807) is 41.1 Å². The highest BCUT2D eigenvalue weighted by Gasteiger charge is 2.29. The molecule has 0 bridgehead atoms. The van der Waals surface area contributed by atoms with E-state index in [9.17, 15) is 13.4 Å². The summed E-state index contributed by atoms with van der Waals surface area (Å²) in [5, 5.41) is 7.39. The highest BCUT2D eigenvalue weighted by Crippen LogP contribution is 2.32. The Morgan fingerprint density at radius 2 is 1.96 bits per heavy atom. The quantitative estimate of drug-likeness (QED) is 0.714. The monoisotopic (exact) mass is 399 g/mol. The lowest BCUT2D eigenvalue weighted by molar-refractivity contribution is 0.102. The number of rotatable bonds is 5. The Hall–Kier alpha value is -3.00. The summed E-state index contributed by atoms with van der Waals surface area (Å²) in [4.78, 5) is 13.0. The van der Waals surface area contributed by atoms with Crippen molar-refractivity contribution in [2.24, 2.45) is 0 Å². The number of benzene rings is 2. The lowest BCUT2D eigenvalue weighted by Gasteiger charge is -2.13. The van der Waals surface area contributed by atoms with Gasteiger partial charge in [-0.05, 0) is 43.3 Å². The number of carbonyl (C=O) groups excluding carboxylic acids is 1. The van der Waals surface area contributed by atoms with Crippen LogP contribution in [-0.4, -0.2) is 26.5 Å². The summed E-state index contributed by atoms with van der Waals surface area (Å²) < 4.78 is 32.4. The maximum Gasteiger partial charge on any atom is 0.260 e. The molecule has 3 aromatic rings. The number of hydrogen-bond acceptors (Lipinski definition) is 4. The molecule has 0 radical (unpaired) electrons. The van der Waals surface area contributed by atoms with E-state index in [2.05, 4.69) is 10.4 Å². The summed E-state index contributed by atoms with van der Waals surface area (Å²) in [5.41, 5.74) is 2.42. The fourth-order valence-electron chi connectivity index (χ4n) is 3.14. The second-order valence-electron chi connectivity index (χ2n) is 6.27. The number of carbonyl (C=O) groups is 1. The Morgan fingerprint density at radius 3 is 2.71 bits per heavy atom. The van der Waals surface area contributed by atoms with E-state index in [1.807, 2.05) is 6.92 Å². The molecular weight excluding hydrogens is 381 g/mol. The van der Waals surface area contributed by atoms with Crippen LogP contribution < -0.4 is 10.1 Å². The molecule has 4 rings (SSSR count). The fourth-order valence-corrected chi connectivity index (χ4v) is 4.40. The molecule has 1 N–H and O–H groups in total. The van der Waals surface area contributed by atoms with Crippen LogP contribution in [0.25, 0.3) is 5.69 Å². The van der Waals surface area contributed by atoms with Crippen LogP contribution in [0.2, 0.25) is 0 Å². The highest BCUT2D eigenvalue weighted by molar-refractivity contribution is 7.83. The van der Waals surface area contributed by atoms with E-state index in [0.29, 0.717) is 46.6 Å². The second kappa shape index (κ2) is 7.55. The largest absolute Gasteiger partial charge is 0.493 e. The summed E-state index contributed by atoms with van der Waals surface area (Å²) in [5.74, 6) is 0.870. The number of ether oxygens (including phenoxy) is 1. The summed E-state index contributed by atoms with van der Waals surface area (Å²) >= 11 is 0. The number of amides is 1. The van der Waals surface area contributed by atoms with Gasteiger partial charge < -0.3 is 10.1 Å². The highest BCUT2D eigenvalue weighted by atomic mass is 32.2. The normalized spacial score (nSPS) is 15.3. The van der Waals surface area contributed by atoms with E-state index in [0.717, 1.165) is 5.56 Å². The van der Waals surface area contributed by atoms with Crippen LogP contribution in [0.1, 0.15) is 28.5 Å². The van der Waals surface area contributed by atoms with Crippen molar-refractivity contribution in [3.05, 3.63) is 71.2 Å². The number of fused-ring (bicyclic) bond motifs is 1. The SMILES string of the molecule is CCOc1ccccc1C(=O)Nc1c2c(nn1-c1ccc(F)cc1)C[S@@](=O)C2. The molecule has 1 aliphatic heterocycles. The summed E-state index contributed by atoms with van der Waals surface area (Å²) in [6.45, 7) is 2.28. The van der Waals surface area contributed by atoms with E-state index in [-0.39, 0.29) is 11.7 Å². The molecule has 2 aromatic carbocycles. The van der Waals surface area contributed by atoms with Crippen LogP contribution in [0.15, 0.2) is 48.5 Å². The van der Waals surface area contributed by atoms with Gasteiger partial charge in [-0.3, -0.25) is 9.00 Å². The van der Waals surface area contributed by atoms with E-state index in [4.69, 9.17) is 4.74 Å². The first-order valence-electron chi connectivity index (χ1n) is 8.81.